The van der Waals surface area contributed by atoms with Crippen LogP contribution in [0.2, 0.25) is 5.02 Å². The lowest BCUT2D eigenvalue weighted by atomic mass is 10.1. The van der Waals surface area contributed by atoms with E-state index < -0.39 is 12.4 Å². The minimum atomic E-state index is -1.27. The summed E-state index contributed by atoms with van der Waals surface area (Å²) in [5.41, 5.74) is 1.66. The Labute approximate surface area is 163 Å². The smallest absolute Gasteiger partial charge is 0.254 e. The average Bonchev–Trinajstić information content (AvgIpc) is 3.31. The molecule has 7 nitrogen and oxygen atoms in total. The molecule has 140 valence electrons. The van der Waals surface area contributed by atoms with Crippen molar-refractivity contribution in [3.05, 3.63) is 45.4 Å². The zero-order valence-electron chi connectivity index (χ0n) is 14.4. The third-order valence-electron chi connectivity index (χ3n) is 3.61. The summed E-state index contributed by atoms with van der Waals surface area (Å²) in [4.78, 5) is 15.5. The highest BCUT2D eigenvalue weighted by atomic mass is 35.5. The van der Waals surface area contributed by atoms with Gasteiger partial charge in [0.05, 0.1) is 19.2 Å². The molecule has 0 saturated heterocycles. The van der Waals surface area contributed by atoms with Crippen LogP contribution in [0.15, 0.2) is 33.5 Å². The monoisotopic (exact) mass is 405 g/mol. The first-order valence-corrected chi connectivity index (χ1v) is 9.02. The number of thiophene rings is 1. The van der Waals surface area contributed by atoms with Gasteiger partial charge in [-0.25, -0.2) is 0 Å². The van der Waals surface area contributed by atoms with Gasteiger partial charge in [0.15, 0.2) is 11.5 Å². The Balaban J connectivity index is 2.03. The molecule has 3 rings (SSSR count). The molecule has 0 radical (unpaired) electrons. The highest BCUT2D eigenvalue weighted by Crippen LogP contribution is 2.37. The number of rotatable bonds is 7. The number of aliphatic carboxylic acids is 1. The van der Waals surface area contributed by atoms with Crippen LogP contribution in [0, 0.1) is 0 Å². The SMILES string of the molecule is COc1cc(/C=C(\CC(=O)[O-])c2nc(-c3ccsc3)no2)cc(Cl)c1OC. The van der Waals surface area contributed by atoms with Gasteiger partial charge < -0.3 is 23.9 Å². The Morgan fingerprint density at radius 2 is 2.19 bits per heavy atom. The summed E-state index contributed by atoms with van der Waals surface area (Å²) in [6.07, 6.45) is 1.17. The number of halogens is 1. The minimum absolute atomic E-state index is 0.0892. The normalized spacial score (nSPS) is 11.4. The molecule has 27 heavy (non-hydrogen) atoms. The standard InChI is InChI=1S/C18H15ClN2O5S/c1-24-14-7-10(6-13(19)16(14)25-2)5-12(8-15(22)23)18-20-17(21-26-18)11-3-4-27-9-11/h3-7,9H,8H2,1-2H3,(H,22,23)/p-1/b12-5+. The van der Waals surface area contributed by atoms with Crippen molar-refractivity contribution >= 4 is 40.6 Å². The highest BCUT2D eigenvalue weighted by Gasteiger charge is 2.16. The number of hydrogen-bond acceptors (Lipinski definition) is 8. The number of methoxy groups -OCH3 is 2. The second kappa shape index (κ2) is 8.24. The van der Waals surface area contributed by atoms with Crippen molar-refractivity contribution in [2.45, 2.75) is 6.42 Å². The van der Waals surface area contributed by atoms with Crippen LogP contribution >= 0.6 is 22.9 Å². The van der Waals surface area contributed by atoms with E-state index in [0.717, 1.165) is 5.56 Å². The Hall–Kier alpha value is -2.84. The molecule has 1 aromatic carbocycles. The maximum absolute atomic E-state index is 11.2. The summed E-state index contributed by atoms with van der Waals surface area (Å²) in [6, 6.07) is 5.13. The maximum atomic E-state index is 11.2. The molecule has 9 heteroatoms. The molecule has 0 aliphatic rings. The Bertz CT molecular complexity index is 982. The highest BCUT2D eigenvalue weighted by molar-refractivity contribution is 7.08. The van der Waals surface area contributed by atoms with Gasteiger partial charge in [-0.2, -0.15) is 16.3 Å². The number of benzene rings is 1. The van der Waals surface area contributed by atoms with Crippen molar-refractivity contribution in [3.8, 4) is 22.9 Å². The molecule has 0 saturated carbocycles. The third kappa shape index (κ3) is 4.29. The average molecular weight is 406 g/mol. The second-order valence-corrected chi connectivity index (χ2v) is 6.58. The van der Waals surface area contributed by atoms with Crippen molar-refractivity contribution in [3.63, 3.8) is 0 Å². The maximum Gasteiger partial charge on any atom is 0.254 e. The zero-order valence-corrected chi connectivity index (χ0v) is 16.0. The van der Waals surface area contributed by atoms with E-state index in [1.54, 1.807) is 18.2 Å². The van der Waals surface area contributed by atoms with Crippen LogP contribution in [0.25, 0.3) is 23.0 Å². The summed E-state index contributed by atoms with van der Waals surface area (Å²) >= 11 is 7.70. The number of nitrogens with zero attached hydrogens (tertiary/aromatic N) is 2. The number of carbonyl (C=O) groups excluding carboxylic acids is 1. The molecule has 0 bridgehead atoms. The molecule has 0 unspecified atom stereocenters. The molecule has 0 atom stereocenters. The largest absolute Gasteiger partial charge is 0.550 e. The Kier molecular flexibility index (Phi) is 5.78. The fourth-order valence-electron chi connectivity index (χ4n) is 2.43. The predicted molar refractivity (Wildman–Crippen MR) is 99.7 cm³/mol. The molecule has 0 amide bonds. The summed E-state index contributed by atoms with van der Waals surface area (Å²) in [5.74, 6) is -0.0147. The van der Waals surface area contributed by atoms with Crippen molar-refractivity contribution in [1.82, 2.24) is 10.1 Å². The van der Waals surface area contributed by atoms with Gasteiger partial charge in [0, 0.05) is 28.9 Å². The molecule has 0 fully saturated rings. The fourth-order valence-corrected chi connectivity index (χ4v) is 3.36. The molecule has 0 aliphatic carbocycles. The topological polar surface area (TPSA) is 97.5 Å². The predicted octanol–water partition coefficient (Wildman–Crippen LogP) is 3.15. The van der Waals surface area contributed by atoms with E-state index >= 15 is 0 Å². The van der Waals surface area contributed by atoms with Crippen molar-refractivity contribution in [1.29, 1.82) is 0 Å². The van der Waals surface area contributed by atoms with Crippen LogP contribution in [-0.4, -0.2) is 30.3 Å². The first-order valence-electron chi connectivity index (χ1n) is 7.70. The summed E-state index contributed by atoms with van der Waals surface area (Å²) in [6.45, 7) is 0. The first-order chi connectivity index (χ1) is 13.0. The van der Waals surface area contributed by atoms with E-state index in [1.807, 2.05) is 16.8 Å². The quantitative estimate of drug-likeness (QED) is 0.595. The van der Waals surface area contributed by atoms with E-state index in [4.69, 9.17) is 25.6 Å². The van der Waals surface area contributed by atoms with E-state index in [2.05, 4.69) is 10.1 Å². The van der Waals surface area contributed by atoms with Crippen LogP contribution in [0.1, 0.15) is 17.9 Å². The van der Waals surface area contributed by atoms with Gasteiger partial charge in [0.1, 0.15) is 0 Å². The molecular weight excluding hydrogens is 392 g/mol. The number of carboxylic acid groups (broad SMARTS) is 1. The van der Waals surface area contributed by atoms with Gasteiger partial charge in [-0.15, -0.1) is 0 Å². The zero-order chi connectivity index (χ0) is 19.4. The molecule has 0 spiro atoms. The van der Waals surface area contributed by atoms with E-state index in [1.165, 1.54) is 25.6 Å². The molecule has 2 heterocycles. The lowest BCUT2D eigenvalue weighted by Crippen LogP contribution is -2.22. The lowest BCUT2D eigenvalue weighted by Gasteiger charge is -2.11. The third-order valence-corrected chi connectivity index (χ3v) is 4.58. The van der Waals surface area contributed by atoms with E-state index in [0.29, 0.717) is 27.9 Å². The van der Waals surface area contributed by atoms with Gasteiger partial charge in [-0.05, 0) is 35.2 Å². The fraction of sp³-hybridized carbons (Fsp3) is 0.167. The molecule has 2 aromatic heterocycles. The van der Waals surface area contributed by atoms with E-state index in [-0.39, 0.29) is 11.5 Å². The Morgan fingerprint density at radius 3 is 2.81 bits per heavy atom. The van der Waals surface area contributed by atoms with Gasteiger partial charge in [0.2, 0.25) is 5.82 Å². The minimum Gasteiger partial charge on any atom is -0.550 e. The van der Waals surface area contributed by atoms with Gasteiger partial charge in [0.25, 0.3) is 5.89 Å². The van der Waals surface area contributed by atoms with Gasteiger partial charge >= 0.3 is 0 Å². The molecule has 3 aromatic rings. The summed E-state index contributed by atoms with van der Waals surface area (Å²) < 4.78 is 15.7. The van der Waals surface area contributed by atoms with Crippen LogP contribution in [-0.2, 0) is 4.79 Å². The van der Waals surface area contributed by atoms with Gasteiger partial charge in [-0.3, -0.25) is 0 Å². The van der Waals surface area contributed by atoms with Gasteiger partial charge in [-0.1, -0.05) is 16.8 Å². The van der Waals surface area contributed by atoms with Crippen molar-refractivity contribution in [2.24, 2.45) is 0 Å². The Morgan fingerprint density at radius 1 is 1.37 bits per heavy atom. The van der Waals surface area contributed by atoms with Crippen LogP contribution in [0.4, 0.5) is 0 Å². The summed E-state index contributed by atoms with van der Waals surface area (Å²) in [7, 11) is 2.96. The molecule has 0 N–H and O–H groups in total. The molecule has 0 aliphatic heterocycles. The van der Waals surface area contributed by atoms with Crippen molar-refractivity contribution in [2.75, 3.05) is 14.2 Å². The first kappa shape index (κ1) is 18.9. The van der Waals surface area contributed by atoms with Crippen LogP contribution in [0.3, 0.4) is 0 Å². The molecular formula is C18H14ClN2O5S-. The lowest BCUT2D eigenvalue weighted by molar-refractivity contribution is -0.304. The van der Waals surface area contributed by atoms with Crippen LogP contribution in [0.5, 0.6) is 11.5 Å². The van der Waals surface area contributed by atoms with Crippen LogP contribution < -0.4 is 14.6 Å². The number of carbonyl (C=O) groups is 1. The number of ether oxygens (including phenoxy) is 2. The number of aromatic nitrogens is 2. The summed E-state index contributed by atoms with van der Waals surface area (Å²) in [5, 5.41) is 19.2. The van der Waals surface area contributed by atoms with E-state index in [9.17, 15) is 9.90 Å². The number of carboxylic acids is 1. The number of hydrogen-bond donors (Lipinski definition) is 0. The second-order valence-electron chi connectivity index (χ2n) is 5.39. The van der Waals surface area contributed by atoms with Crippen molar-refractivity contribution < 1.29 is 23.9 Å².